The third-order valence-corrected chi connectivity index (χ3v) is 6.21. The summed E-state index contributed by atoms with van der Waals surface area (Å²) in [4.78, 5) is 40.2. The Morgan fingerprint density at radius 1 is 1.03 bits per heavy atom. The lowest BCUT2D eigenvalue weighted by Crippen LogP contribution is -2.55. The number of carbonyl (C=O) groups is 3. The van der Waals surface area contributed by atoms with Crippen molar-refractivity contribution < 1.29 is 19.5 Å². The minimum atomic E-state index is -1.13. The highest BCUT2D eigenvalue weighted by molar-refractivity contribution is 7.98. The van der Waals surface area contributed by atoms with Crippen molar-refractivity contribution in [3.8, 4) is 0 Å². The molecule has 1 heterocycles. The minimum absolute atomic E-state index is 0.127. The number of H-pyrrole nitrogens is 1. The van der Waals surface area contributed by atoms with Crippen molar-refractivity contribution in [2.75, 3.05) is 24.0 Å². The van der Waals surface area contributed by atoms with Crippen LogP contribution < -0.4 is 16.4 Å². The minimum Gasteiger partial charge on any atom is -0.480 e. The molecule has 0 bridgehead atoms. The van der Waals surface area contributed by atoms with Gasteiger partial charge in [0, 0.05) is 23.5 Å². The fourth-order valence-electron chi connectivity index (χ4n) is 3.15. The molecule has 31 heavy (non-hydrogen) atoms. The summed E-state index contributed by atoms with van der Waals surface area (Å²) in [5.74, 6) is -0.684. The maximum atomic E-state index is 12.9. The van der Waals surface area contributed by atoms with Gasteiger partial charge in [-0.2, -0.15) is 23.5 Å². The maximum Gasteiger partial charge on any atom is 0.326 e. The number of carbonyl (C=O) groups excluding carboxylic acids is 2. The van der Waals surface area contributed by atoms with E-state index in [-0.39, 0.29) is 6.42 Å². The van der Waals surface area contributed by atoms with E-state index in [0.29, 0.717) is 18.6 Å². The molecule has 1 aromatic heterocycles. The van der Waals surface area contributed by atoms with Crippen LogP contribution in [0, 0.1) is 0 Å². The summed E-state index contributed by atoms with van der Waals surface area (Å²) in [6.45, 7) is 0. The molecule has 2 aromatic rings. The second kappa shape index (κ2) is 12.6. The smallest absolute Gasteiger partial charge is 0.326 e. The van der Waals surface area contributed by atoms with Crippen LogP contribution in [0.2, 0.25) is 0 Å². The molecule has 0 fully saturated rings. The van der Waals surface area contributed by atoms with Crippen molar-refractivity contribution >= 4 is 52.2 Å². The predicted molar refractivity (Wildman–Crippen MR) is 127 cm³/mol. The van der Waals surface area contributed by atoms with E-state index in [1.54, 1.807) is 29.7 Å². The Labute approximate surface area is 190 Å². The van der Waals surface area contributed by atoms with Crippen LogP contribution in [0.15, 0.2) is 30.5 Å². The quantitative estimate of drug-likeness (QED) is 0.302. The summed E-state index contributed by atoms with van der Waals surface area (Å²) < 4.78 is 0. The molecule has 170 valence electrons. The Hall–Kier alpha value is -2.17. The van der Waals surface area contributed by atoms with E-state index in [9.17, 15) is 19.5 Å². The number of aliphatic carboxylic acids is 1. The Morgan fingerprint density at radius 2 is 1.68 bits per heavy atom. The number of thioether (sulfide) groups is 2. The molecule has 2 rings (SSSR count). The molecule has 8 nitrogen and oxygen atoms in total. The van der Waals surface area contributed by atoms with Crippen molar-refractivity contribution in [1.82, 2.24) is 15.6 Å². The van der Waals surface area contributed by atoms with Gasteiger partial charge in [0.15, 0.2) is 0 Å². The van der Waals surface area contributed by atoms with Crippen LogP contribution in [-0.4, -0.2) is 70.0 Å². The zero-order valence-electron chi connectivity index (χ0n) is 17.7. The number of nitrogens with one attached hydrogen (secondary N) is 3. The molecule has 0 aliphatic carbocycles. The molecule has 1 aromatic carbocycles. The van der Waals surface area contributed by atoms with E-state index in [1.165, 1.54) is 0 Å². The van der Waals surface area contributed by atoms with Gasteiger partial charge in [-0.3, -0.25) is 9.59 Å². The van der Waals surface area contributed by atoms with Crippen molar-refractivity contribution in [3.63, 3.8) is 0 Å². The number of hydrogen-bond acceptors (Lipinski definition) is 6. The summed E-state index contributed by atoms with van der Waals surface area (Å²) in [5, 5.41) is 15.9. The number of aromatic nitrogens is 1. The second-order valence-electron chi connectivity index (χ2n) is 7.19. The van der Waals surface area contributed by atoms with Gasteiger partial charge in [0.2, 0.25) is 11.8 Å². The Kier molecular flexibility index (Phi) is 10.2. The van der Waals surface area contributed by atoms with Crippen molar-refractivity contribution in [2.45, 2.75) is 37.4 Å². The van der Waals surface area contributed by atoms with Crippen molar-refractivity contribution in [2.24, 2.45) is 5.73 Å². The summed E-state index contributed by atoms with van der Waals surface area (Å²) in [5.41, 5.74) is 7.61. The number of para-hydroxylation sites is 1. The molecule has 0 aliphatic heterocycles. The SMILES string of the molecule is CSCC[C@H](NC(=O)[C@@H](N)CCSC)C(=O)N[C@@H](Cc1c[nH]c2ccccc12)C(=O)O. The Balaban J connectivity index is 2.08. The van der Waals surface area contributed by atoms with Crippen LogP contribution in [0.5, 0.6) is 0 Å². The van der Waals surface area contributed by atoms with Gasteiger partial charge >= 0.3 is 5.97 Å². The third-order valence-electron chi connectivity index (χ3n) is 4.93. The van der Waals surface area contributed by atoms with Crippen molar-refractivity contribution in [1.29, 1.82) is 0 Å². The van der Waals surface area contributed by atoms with E-state index in [2.05, 4.69) is 15.6 Å². The fraction of sp³-hybridized carbons (Fsp3) is 0.476. The average molecular weight is 467 g/mol. The van der Waals surface area contributed by atoms with Gasteiger partial charge < -0.3 is 26.5 Å². The predicted octanol–water partition coefficient (Wildman–Crippen LogP) is 1.60. The molecule has 0 unspecified atom stereocenters. The molecular weight excluding hydrogens is 436 g/mol. The summed E-state index contributed by atoms with van der Waals surface area (Å²) in [7, 11) is 0. The zero-order chi connectivity index (χ0) is 22.8. The van der Waals surface area contributed by atoms with Crippen LogP contribution in [-0.2, 0) is 20.8 Å². The molecule has 0 aliphatic rings. The molecule has 0 saturated carbocycles. The number of nitrogens with two attached hydrogens (primary N) is 1. The van der Waals surface area contributed by atoms with Gasteiger partial charge in [0.25, 0.3) is 0 Å². The van der Waals surface area contributed by atoms with Gasteiger partial charge in [-0.05, 0) is 48.5 Å². The van der Waals surface area contributed by atoms with Gasteiger partial charge in [-0.1, -0.05) is 18.2 Å². The van der Waals surface area contributed by atoms with E-state index in [0.717, 1.165) is 22.2 Å². The topological polar surface area (TPSA) is 137 Å². The largest absolute Gasteiger partial charge is 0.480 e. The molecule has 3 atom stereocenters. The highest BCUT2D eigenvalue weighted by atomic mass is 32.2. The van der Waals surface area contributed by atoms with E-state index in [4.69, 9.17) is 5.73 Å². The molecular formula is C21H30N4O4S2. The number of aromatic amines is 1. The number of rotatable bonds is 13. The average Bonchev–Trinajstić information content (AvgIpc) is 3.16. The Bertz CT molecular complexity index is 889. The first-order valence-corrected chi connectivity index (χ1v) is 12.8. The number of carboxylic acid groups (broad SMARTS) is 1. The van der Waals surface area contributed by atoms with Crippen LogP contribution in [0.1, 0.15) is 18.4 Å². The lowest BCUT2D eigenvalue weighted by molar-refractivity contribution is -0.142. The molecule has 0 spiro atoms. The fourth-order valence-corrected chi connectivity index (χ4v) is 4.11. The Morgan fingerprint density at radius 3 is 2.35 bits per heavy atom. The monoisotopic (exact) mass is 466 g/mol. The number of benzene rings is 1. The van der Waals surface area contributed by atoms with Gasteiger partial charge in [-0.15, -0.1) is 0 Å². The number of amides is 2. The standard InChI is InChI=1S/C21H30N4O4S2/c1-30-9-7-15(22)19(26)24-17(8-10-31-2)20(27)25-18(21(28)29)11-13-12-23-16-6-4-3-5-14(13)16/h3-6,12,15,17-18,23H,7-11,22H2,1-2H3,(H,24,26)(H,25,27)(H,28,29)/t15-,17-,18-/m0/s1. The number of fused-ring (bicyclic) bond motifs is 1. The lowest BCUT2D eigenvalue weighted by atomic mass is 10.0. The molecule has 2 amide bonds. The van der Waals surface area contributed by atoms with Gasteiger partial charge in [0.05, 0.1) is 6.04 Å². The number of hydrogen-bond donors (Lipinski definition) is 5. The first kappa shape index (κ1) is 25.1. The van der Waals surface area contributed by atoms with Crippen molar-refractivity contribution in [3.05, 3.63) is 36.0 Å². The first-order valence-electron chi connectivity index (χ1n) is 9.99. The molecule has 0 radical (unpaired) electrons. The van der Waals surface area contributed by atoms with Crippen LogP contribution in [0.4, 0.5) is 0 Å². The molecule has 6 N–H and O–H groups in total. The van der Waals surface area contributed by atoms with E-state index >= 15 is 0 Å². The summed E-state index contributed by atoms with van der Waals surface area (Å²) >= 11 is 3.13. The van der Waals surface area contributed by atoms with Crippen LogP contribution in [0.3, 0.4) is 0 Å². The van der Waals surface area contributed by atoms with Crippen LogP contribution in [0.25, 0.3) is 10.9 Å². The maximum absolute atomic E-state index is 12.9. The highest BCUT2D eigenvalue weighted by Gasteiger charge is 2.28. The van der Waals surface area contributed by atoms with E-state index < -0.39 is 35.9 Å². The first-order chi connectivity index (χ1) is 14.9. The van der Waals surface area contributed by atoms with Gasteiger partial charge in [-0.25, -0.2) is 4.79 Å². The van der Waals surface area contributed by atoms with Gasteiger partial charge in [0.1, 0.15) is 12.1 Å². The lowest BCUT2D eigenvalue weighted by Gasteiger charge is -2.22. The van der Waals surface area contributed by atoms with Crippen LogP contribution >= 0.6 is 23.5 Å². The normalized spacial score (nSPS) is 14.0. The summed E-state index contributed by atoms with van der Waals surface area (Å²) in [6.07, 6.45) is 6.60. The van der Waals surface area contributed by atoms with E-state index in [1.807, 2.05) is 36.8 Å². The molecule has 10 heteroatoms. The zero-order valence-corrected chi connectivity index (χ0v) is 19.4. The number of carboxylic acids is 1. The summed E-state index contributed by atoms with van der Waals surface area (Å²) in [6, 6.07) is 4.90. The third kappa shape index (κ3) is 7.48. The molecule has 0 saturated heterocycles. The second-order valence-corrected chi connectivity index (χ2v) is 9.16. The highest BCUT2D eigenvalue weighted by Crippen LogP contribution is 2.19.